The van der Waals surface area contributed by atoms with Crippen molar-refractivity contribution < 1.29 is 14.3 Å². The fourth-order valence-corrected chi connectivity index (χ4v) is 3.50. The molecule has 0 saturated carbocycles. The number of allylic oxidation sites excluding steroid dienone is 3. The number of nitriles is 1. The second kappa shape index (κ2) is 6.92. The number of carbonyl (C=O) groups is 2. The molecule has 0 radical (unpaired) electrons. The highest BCUT2D eigenvalue weighted by atomic mass is 16.5. The Morgan fingerprint density at radius 1 is 1.35 bits per heavy atom. The summed E-state index contributed by atoms with van der Waals surface area (Å²) in [4.78, 5) is 24.3. The molecule has 0 fully saturated rings. The second-order valence-corrected chi connectivity index (χ2v) is 6.26. The number of nitrogens with two attached hydrogens (primary N) is 1. The van der Waals surface area contributed by atoms with E-state index in [1.54, 1.807) is 19.2 Å². The van der Waals surface area contributed by atoms with Crippen LogP contribution < -0.4 is 15.9 Å². The van der Waals surface area contributed by atoms with E-state index in [9.17, 15) is 14.9 Å². The van der Waals surface area contributed by atoms with Gasteiger partial charge in [-0.1, -0.05) is 12.1 Å². The number of nitrogens with one attached hydrogen (secondary N) is 1. The summed E-state index contributed by atoms with van der Waals surface area (Å²) in [6.07, 6.45) is 1.70. The number of benzene rings is 1. The maximum Gasteiger partial charge on any atom is 0.235 e. The molecule has 1 atom stereocenters. The summed E-state index contributed by atoms with van der Waals surface area (Å²) in [5.41, 5.74) is 11.1. The molecule has 3 N–H and O–H groups in total. The minimum absolute atomic E-state index is 0.0253. The Kier molecular flexibility index (Phi) is 4.67. The van der Waals surface area contributed by atoms with E-state index in [0.717, 1.165) is 5.56 Å². The van der Waals surface area contributed by atoms with Crippen LogP contribution in [0.1, 0.15) is 37.7 Å². The van der Waals surface area contributed by atoms with E-state index in [1.165, 1.54) is 11.9 Å². The van der Waals surface area contributed by atoms with Crippen molar-refractivity contribution in [2.24, 2.45) is 5.73 Å². The van der Waals surface area contributed by atoms with Crippen LogP contribution in [0.3, 0.4) is 0 Å². The number of rotatable bonds is 3. The summed E-state index contributed by atoms with van der Waals surface area (Å²) in [6, 6.07) is 9.36. The van der Waals surface area contributed by atoms with Gasteiger partial charge in [0.25, 0.3) is 0 Å². The zero-order chi connectivity index (χ0) is 18.8. The minimum Gasteiger partial charge on any atom is -0.497 e. The van der Waals surface area contributed by atoms with E-state index < -0.39 is 5.92 Å². The standard InChI is InChI=1S/C19H20N4O3/c1-11(24)22-23-15-4-3-5-16(25)18(15)17(14(10-20)19(23)21)12-6-8-13(26-2)9-7-12/h6-9,17H,3-5,21H2,1-2H3,(H,22,24). The SMILES string of the molecule is COc1ccc(C2C(C#N)=C(N)N(NC(C)=O)C3=C2C(=O)CCC3)cc1. The van der Waals surface area contributed by atoms with Crippen molar-refractivity contribution in [3.05, 3.63) is 52.5 Å². The molecule has 3 rings (SSSR count). The van der Waals surface area contributed by atoms with Crippen molar-refractivity contribution in [2.75, 3.05) is 7.11 Å². The second-order valence-electron chi connectivity index (χ2n) is 6.26. The van der Waals surface area contributed by atoms with E-state index >= 15 is 0 Å². The number of ketones is 1. The number of ether oxygens (including phenoxy) is 1. The van der Waals surface area contributed by atoms with Gasteiger partial charge in [-0.25, -0.2) is 5.01 Å². The van der Waals surface area contributed by atoms with E-state index in [4.69, 9.17) is 10.5 Å². The van der Waals surface area contributed by atoms with Crippen LogP contribution in [0.5, 0.6) is 5.75 Å². The highest BCUT2D eigenvalue weighted by Crippen LogP contribution is 2.44. The molecule has 0 saturated heterocycles. The van der Waals surface area contributed by atoms with E-state index in [1.807, 2.05) is 12.1 Å². The molecule has 2 aliphatic rings. The smallest absolute Gasteiger partial charge is 0.235 e. The summed E-state index contributed by atoms with van der Waals surface area (Å²) >= 11 is 0. The summed E-state index contributed by atoms with van der Waals surface area (Å²) in [6.45, 7) is 1.36. The lowest BCUT2D eigenvalue weighted by Crippen LogP contribution is -2.47. The fourth-order valence-electron chi connectivity index (χ4n) is 3.50. The molecule has 0 aromatic heterocycles. The van der Waals surface area contributed by atoms with Crippen LogP contribution in [0.2, 0.25) is 0 Å². The highest BCUT2D eigenvalue weighted by Gasteiger charge is 2.40. The average molecular weight is 352 g/mol. The van der Waals surface area contributed by atoms with Crippen LogP contribution in [0.4, 0.5) is 0 Å². The van der Waals surface area contributed by atoms with E-state index in [0.29, 0.717) is 36.3 Å². The van der Waals surface area contributed by atoms with Crippen molar-refractivity contribution in [1.82, 2.24) is 10.4 Å². The quantitative estimate of drug-likeness (QED) is 0.859. The van der Waals surface area contributed by atoms with E-state index in [-0.39, 0.29) is 23.1 Å². The molecule has 0 bridgehead atoms. The summed E-state index contributed by atoms with van der Waals surface area (Å²) in [5.74, 6) is -0.0552. The van der Waals surface area contributed by atoms with Gasteiger partial charge in [0.05, 0.1) is 24.7 Å². The van der Waals surface area contributed by atoms with Crippen LogP contribution in [-0.4, -0.2) is 23.8 Å². The van der Waals surface area contributed by atoms with Crippen LogP contribution in [-0.2, 0) is 9.59 Å². The number of Topliss-reactive ketones (excluding diaryl/α,β-unsaturated/α-hetero) is 1. The topological polar surface area (TPSA) is 108 Å². The maximum absolute atomic E-state index is 12.7. The Morgan fingerprint density at radius 2 is 2.04 bits per heavy atom. The first-order valence-electron chi connectivity index (χ1n) is 8.35. The molecule has 0 spiro atoms. The van der Waals surface area contributed by atoms with Crippen LogP contribution >= 0.6 is 0 Å². The molecule has 1 amide bonds. The molecule has 26 heavy (non-hydrogen) atoms. The van der Waals surface area contributed by atoms with Crippen LogP contribution in [0.25, 0.3) is 0 Å². The third-order valence-electron chi connectivity index (χ3n) is 4.63. The van der Waals surface area contributed by atoms with Gasteiger partial charge in [-0.2, -0.15) is 5.26 Å². The first kappa shape index (κ1) is 17.5. The van der Waals surface area contributed by atoms with Crippen molar-refractivity contribution in [3.8, 4) is 11.8 Å². The van der Waals surface area contributed by atoms with Gasteiger partial charge in [-0.3, -0.25) is 15.0 Å². The fraction of sp³-hybridized carbons (Fsp3) is 0.316. The van der Waals surface area contributed by atoms with E-state index in [2.05, 4.69) is 11.5 Å². The first-order chi connectivity index (χ1) is 12.5. The van der Waals surface area contributed by atoms with Crippen molar-refractivity contribution in [2.45, 2.75) is 32.1 Å². The summed E-state index contributed by atoms with van der Waals surface area (Å²) in [5, 5.41) is 11.1. The molecule has 1 aromatic carbocycles. The van der Waals surface area contributed by atoms with Gasteiger partial charge in [-0.15, -0.1) is 0 Å². The Balaban J connectivity index is 2.18. The molecular formula is C19H20N4O3. The lowest BCUT2D eigenvalue weighted by molar-refractivity contribution is -0.123. The van der Waals surface area contributed by atoms with Gasteiger partial charge in [0.15, 0.2) is 5.78 Å². The normalized spacial score (nSPS) is 19.8. The van der Waals surface area contributed by atoms with Gasteiger partial charge in [-0.05, 0) is 30.5 Å². The number of hydrogen-bond donors (Lipinski definition) is 2. The predicted molar refractivity (Wildman–Crippen MR) is 94.1 cm³/mol. The van der Waals surface area contributed by atoms with Gasteiger partial charge in [0.1, 0.15) is 11.6 Å². The zero-order valence-corrected chi connectivity index (χ0v) is 14.7. The number of hydrazine groups is 1. The lowest BCUT2D eigenvalue weighted by Gasteiger charge is -2.39. The molecule has 1 heterocycles. The van der Waals surface area contributed by atoms with Gasteiger partial charge < -0.3 is 10.5 Å². The molecule has 1 unspecified atom stereocenters. The first-order valence-corrected chi connectivity index (χ1v) is 8.35. The van der Waals surface area contributed by atoms with Crippen molar-refractivity contribution in [1.29, 1.82) is 5.26 Å². The summed E-state index contributed by atoms with van der Waals surface area (Å²) < 4.78 is 5.18. The maximum atomic E-state index is 12.7. The molecule has 134 valence electrons. The third-order valence-corrected chi connectivity index (χ3v) is 4.63. The van der Waals surface area contributed by atoms with Crippen LogP contribution in [0, 0.1) is 11.3 Å². The van der Waals surface area contributed by atoms with Crippen molar-refractivity contribution >= 4 is 11.7 Å². The van der Waals surface area contributed by atoms with Gasteiger partial charge in [0.2, 0.25) is 5.91 Å². The molecule has 7 heteroatoms. The lowest BCUT2D eigenvalue weighted by atomic mass is 9.76. The van der Waals surface area contributed by atoms with Crippen molar-refractivity contribution in [3.63, 3.8) is 0 Å². The third kappa shape index (κ3) is 2.90. The molecule has 1 aliphatic carbocycles. The minimum atomic E-state index is -0.543. The Labute approximate surface area is 151 Å². The number of nitrogens with zero attached hydrogens (tertiary/aromatic N) is 2. The average Bonchev–Trinajstić information content (AvgIpc) is 2.63. The van der Waals surface area contributed by atoms with Gasteiger partial charge >= 0.3 is 0 Å². The Bertz CT molecular complexity index is 862. The number of methoxy groups -OCH3 is 1. The number of carbonyl (C=O) groups excluding carboxylic acids is 2. The zero-order valence-electron chi connectivity index (χ0n) is 14.7. The molecule has 1 aliphatic heterocycles. The Hall–Kier alpha value is -3.27. The monoisotopic (exact) mass is 352 g/mol. The number of amides is 1. The Morgan fingerprint density at radius 3 is 2.62 bits per heavy atom. The largest absolute Gasteiger partial charge is 0.497 e. The van der Waals surface area contributed by atoms with Gasteiger partial charge in [0, 0.05) is 24.6 Å². The molecular weight excluding hydrogens is 332 g/mol. The molecule has 7 nitrogen and oxygen atoms in total. The number of hydrogen-bond acceptors (Lipinski definition) is 6. The molecule has 1 aromatic rings. The predicted octanol–water partition coefficient (Wildman–Crippen LogP) is 1.85. The highest BCUT2D eigenvalue weighted by molar-refractivity contribution is 5.99. The summed E-state index contributed by atoms with van der Waals surface area (Å²) in [7, 11) is 1.57. The van der Waals surface area contributed by atoms with Crippen LogP contribution in [0.15, 0.2) is 46.9 Å².